The third-order valence-electron chi connectivity index (χ3n) is 8.64. The van der Waals surface area contributed by atoms with E-state index in [1.54, 1.807) is 0 Å². The highest BCUT2D eigenvalue weighted by atomic mass is 32.2. The Balaban J connectivity index is 0.00000133. The Hall–Kier alpha value is -4.85. The first-order chi connectivity index (χ1) is 26.7. The number of rotatable bonds is 15. The van der Waals surface area contributed by atoms with Gasteiger partial charge in [-0.15, -0.1) is 11.8 Å². The number of hydrogen-bond acceptors (Lipinski definition) is 14. The van der Waals surface area contributed by atoms with Crippen LogP contribution in [0.15, 0.2) is 62.6 Å². The molecule has 2 aromatic rings. The number of fused-ring (bicyclic) bond motifs is 2. The molecule has 312 valence electrons. The number of carbonyl (C=O) groups is 3. The average Bonchev–Trinajstić information content (AvgIpc) is 3.56. The molecule has 18 heteroatoms. The molecule has 1 aliphatic carbocycles. The van der Waals surface area contributed by atoms with Crippen molar-refractivity contribution in [3.05, 3.63) is 75.3 Å². The number of oxime groups is 1. The second-order valence-electron chi connectivity index (χ2n) is 12.9. The van der Waals surface area contributed by atoms with E-state index in [1.165, 1.54) is 22.9 Å². The number of carboxylic acid groups (broad SMARTS) is 1. The fraction of sp³-hybridized carbons (Fsp3) is 0.474. The highest BCUT2D eigenvalue weighted by Gasteiger charge is 2.27. The summed E-state index contributed by atoms with van der Waals surface area (Å²) in [4.78, 5) is 43.5. The van der Waals surface area contributed by atoms with Crippen molar-refractivity contribution in [2.75, 3.05) is 13.0 Å². The number of ether oxygens (including phenoxy) is 1. The molecule has 1 heterocycles. The standard InChI is InChI=1S/C28H36N6O2S.C7H14N2O2.C2H4O2.CH4O.H2O2/c1-17(25(32-3)15-37-16-29)34-36-18(2)26-10-6-21-13-22(7-11-27(21)35-26)28(31)33-14-19-4-8-23-20(12-19)5-9-24(23)30;1-6(8-4-10)7(2,3)9-5-11;1-2(3)4;2*1-2/h4,7-8,11-13,15,18,24,26H,3,5-6,9-10,14,16,29-30H2,1-2H3,(H2,31,33);4-6H,1-3H3,(H,8,10)(H,9,11);1H3,(H,3,4);2H,1H3;1-2H/b25-15-,34-17+;;;;. The van der Waals surface area contributed by atoms with Gasteiger partial charge in [0.25, 0.3) is 5.97 Å². The molecule has 0 radical (unpaired) electrons. The minimum absolute atomic E-state index is 0.0785. The average molecular weight is 805 g/mol. The summed E-state index contributed by atoms with van der Waals surface area (Å²) in [6, 6.07) is 12.5. The summed E-state index contributed by atoms with van der Waals surface area (Å²) < 4.78 is 6.24. The Bertz CT molecular complexity index is 1620. The lowest BCUT2D eigenvalue weighted by Crippen LogP contribution is -2.53. The Morgan fingerprint density at radius 1 is 1.09 bits per heavy atom. The summed E-state index contributed by atoms with van der Waals surface area (Å²) in [6.45, 7) is 14.5. The number of thioether (sulfide) groups is 1. The van der Waals surface area contributed by atoms with Crippen LogP contribution >= 0.6 is 11.8 Å². The second kappa shape index (κ2) is 27.7. The molecule has 4 atom stereocenters. The third-order valence-corrected chi connectivity index (χ3v) is 9.22. The number of aliphatic imine (C=N–C) groups is 2. The lowest BCUT2D eigenvalue weighted by molar-refractivity contribution is -0.176. The summed E-state index contributed by atoms with van der Waals surface area (Å²) in [5.41, 5.74) is 24.7. The van der Waals surface area contributed by atoms with Crippen molar-refractivity contribution in [1.29, 1.82) is 0 Å². The van der Waals surface area contributed by atoms with E-state index < -0.39 is 11.5 Å². The minimum Gasteiger partial charge on any atom is -0.486 e. The molecule has 1 aliphatic heterocycles. The van der Waals surface area contributed by atoms with E-state index in [0.717, 1.165) is 62.2 Å². The van der Waals surface area contributed by atoms with E-state index in [1.807, 2.05) is 52.2 Å². The molecular weight excluding hydrogens is 745 g/mol. The minimum atomic E-state index is -0.833. The molecule has 0 fully saturated rings. The van der Waals surface area contributed by atoms with Crippen LogP contribution in [0.2, 0.25) is 0 Å². The second-order valence-corrected chi connectivity index (χ2v) is 13.8. The van der Waals surface area contributed by atoms with Crippen molar-refractivity contribution in [3.8, 4) is 5.75 Å². The number of nitrogens with two attached hydrogens (primary N) is 3. The number of carbonyl (C=O) groups excluding carboxylic acids is 2. The molecule has 0 bridgehead atoms. The van der Waals surface area contributed by atoms with Crippen molar-refractivity contribution in [1.82, 2.24) is 10.6 Å². The molecule has 0 saturated heterocycles. The maximum absolute atomic E-state index is 10.1. The van der Waals surface area contributed by atoms with Gasteiger partial charge in [-0.05, 0) is 113 Å². The smallest absolute Gasteiger partial charge is 0.300 e. The zero-order valence-corrected chi connectivity index (χ0v) is 34.1. The molecule has 0 aromatic heterocycles. The number of carboxylic acids is 1. The largest absolute Gasteiger partial charge is 0.486 e. The summed E-state index contributed by atoms with van der Waals surface area (Å²) >= 11 is 1.43. The van der Waals surface area contributed by atoms with E-state index in [0.29, 0.717) is 42.5 Å². The van der Waals surface area contributed by atoms with Gasteiger partial charge in [0.15, 0.2) is 6.10 Å². The number of aliphatic hydroxyl groups excluding tert-OH is 1. The van der Waals surface area contributed by atoms with Gasteiger partial charge in [-0.3, -0.25) is 34.9 Å². The van der Waals surface area contributed by atoms with E-state index in [9.17, 15) is 9.59 Å². The SMILES string of the molecule is C=NC(=C\SCN)/C(C)=N/OC(C)C1CCc2cc(C(N)=NCc3ccc4c(c3)CCC4N)ccc2O1.CC(=O)O.CC(NC=O)C(C)(C)NC=O.CO.OO. The van der Waals surface area contributed by atoms with Crippen LogP contribution < -0.4 is 32.6 Å². The molecule has 2 amide bonds. The van der Waals surface area contributed by atoms with E-state index in [4.69, 9.17) is 52.3 Å². The van der Waals surface area contributed by atoms with Crippen LogP contribution in [0.4, 0.5) is 0 Å². The van der Waals surface area contributed by atoms with Crippen LogP contribution in [0.1, 0.15) is 88.2 Å². The number of aliphatic hydroxyl groups is 1. The van der Waals surface area contributed by atoms with Crippen LogP contribution in [0.3, 0.4) is 0 Å². The van der Waals surface area contributed by atoms with Crippen LogP contribution in [-0.4, -0.2) is 94.6 Å². The fourth-order valence-electron chi connectivity index (χ4n) is 5.20. The Labute approximate surface area is 333 Å². The number of allylic oxidation sites excluding steroid dienone is 1. The Kier molecular flexibility index (Phi) is 25.3. The Morgan fingerprint density at radius 2 is 1.73 bits per heavy atom. The van der Waals surface area contributed by atoms with Gasteiger partial charge in [-0.1, -0.05) is 23.4 Å². The van der Waals surface area contributed by atoms with Crippen molar-refractivity contribution in [2.45, 2.75) is 104 Å². The number of aliphatic carboxylic acids is 1. The van der Waals surface area contributed by atoms with E-state index in [2.05, 4.69) is 56.8 Å². The molecule has 4 unspecified atom stereocenters. The molecule has 0 saturated carbocycles. The molecule has 17 nitrogen and oxygen atoms in total. The highest BCUT2D eigenvalue weighted by Crippen LogP contribution is 2.31. The van der Waals surface area contributed by atoms with Crippen LogP contribution in [-0.2, 0) is 38.6 Å². The zero-order valence-electron chi connectivity index (χ0n) is 33.3. The normalized spacial score (nSPS) is 16.9. The zero-order chi connectivity index (χ0) is 42.8. The quantitative estimate of drug-likeness (QED) is 0.0311. The van der Waals surface area contributed by atoms with Crippen molar-refractivity contribution >= 4 is 48.8 Å². The maximum atomic E-state index is 10.1. The lowest BCUT2D eigenvalue weighted by Gasteiger charge is -2.30. The van der Waals surface area contributed by atoms with Crippen molar-refractivity contribution in [3.63, 3.8) is 0 Å². The number of amidine groups is 1. The summed E-state index contributed by atoms with van der Waals surface area (Å²) in [6.07, 6.45) is 4.62. The number of hydrogen-bond donors (Lipinski definition) is 9. The molecule has 2 aliphatic rings. The molecule has 12 N–H and O–H groups in total. The third kappa shape index (κ3) is 17.7. The number of nitrogens with zero attached hydrogens (tertiary/aromatic N) is 3. The first-order valence-electron chi connectivity index (χ1n) is 17.6. The summed E-state index contributed by atoms with van der Waals surface area (Å²) in [5, 5.41) is 37.6. The first kappa shape index (κ1) is 51.1. The van der Waals surface area contributed by atoms with Gasteiger partial charge in [0.1, 0.15) is 23.4 Å². The van der Waals surface area contributed by atoms with Crippen molar-refractivity contribution < 1.29 is 44.7 Å². The van der Waals surface area contributed by atoms with Gasteiger partial charge < -0.3 is 47.6 Å². The van der Waals surface area contributed by atoms with Crippen LogP contribution in [0.5, 0.6) is 5.75 Å². The van der Waals surface area contributed by atoms with Gasteiger partial charge in [0.05, 0.1) is 17.8 Å². The van der Waals surface area contributed by atoms with Gasteiger partial charge in [0.2, 0.25) is 12.8 Å². The number of nitrogens with one attached hydrogen (secondary N) is 2. The van der Waals surface area contributed by atoms with E-state index >= 15 is 0 Å². The predicted molar refractivity (Wildman–Crippen MR) is 222 cm³/mol. The monoisotopic (exact) mass is 804 g/mol. The fourth-order valence-corrected chi connectivity index (χ4v) is 5.70. The summed E-state index contributed by atoms with van der Waals surface area (Å²) in [7, 11) is 1.00. The molecule has 2 aromatic carbocycles. The summed E-state index contributed by atoms with van der Waals surface area (Å²) in [5.74, 6) is 0.991. The number of aryl methyl sites for hydroxylation is 2. The highest BCUT2D eigenvalue weighted by molar-refractivity contribution is 8.02. The lowest BCUT2D eigenvalue weighted by atomic mass is 9.97. The van der Waals surface area contributed by atoms with Crippen LogP contribution in [0, 0.1) is 0 Å². The van der Waals surface area contributed by atoms with Gasteiger partial charge in [-0.25, -0.2) is 0 Å². The number of amides is 2. The van der Waals surface area contributed by atoms with Crippen LogP contribution in [0.25, 0.3) is 0 Å². The number of benzene rings is 2. The van der Waals surface area contributed by atoms with Gasteiger partial charge in [0, 0.05) is 37.6 Å². The predicted octanol–water partition coefficient (Wildman–Crippen LogP) is 3.57. The van der Waals surface area contributed by atoms with Gasteiger partial charge in [-0.2, -0.15) is 0 Å². The van der Waals surface area contributed by atoms with E-state index in [-0.39, 0.29) is 24.3 Å². The maximum Gasteiger partial charge on any atom is 0.300 e. The molecule has 4 rings (SSSR count). The van der Waals surface area contributed by atoms with Crippen molar-refractivity contribution in [2.24, 2.45) is 32.3 Å². The first-order valence-corrected chi connectivity index (χ1v) is 18.6. The van der Waals surface area contributed by atoms with Gasteiger partial charge >= 0.3 is 0 Å². The molecule has 0 spiro atoms. The Morgan fingerprint density at radius 3 is 2.32 bits per heavy atom. The molecule has 56 heavy (non-hydrogen) atoms. The molecular formula is C38H60N8O9S. The topological polar surface area (TPSA) is 290 Å².